The SMILES string of the molecule is CNCC(C)CNCc1cc(C)c(C)s1. The van der Waals surface area contributed by atoms with Crippen molar-refractivity contribution < 1.29 is 0 Å². The number of hydrogen-bond donors (Lipinski definition) is 2. The third-order valence-corrected chi connectivity index (χ3v) is 3.71. The van der Waals surface area contributed by atoms with Gasteiger partial charge in [-0.1, -0.05) is 6.92 Å². The average molecular weight is 226 g/mol. The smallest absolute Gasteiger partial charge is 0.0300 e. The fraction of sp³-hybridized carbons (Fsp3) is 0.667. The maximum absolute atomic E-state index is 3.50. The Kier molecular flexibility index (Phi) is 5.29. The molecule has 15 heavy (non-hydrogen) atoms. The van der Waals surface area contributed by atoms with Gasteiger partial charge in [0.05, 0.1) is 0 Å². The summed E-state index contributed by atoms with van der Waals surface area (Å²) in [5.41, 5.74) is 1.42. The van der Waals surface area contributed by atoms with Crippen LogP contribution >= 0.6 is 11.3 Å². The monoisotopic (exact) mass is 226 g/mol. The zero-order valence-corrected chi connectivity index (χ0v) is 11.0. The van der Waals surface area contributed by atoms with Crippen molar-refractivity contribution in [1.82, 2.24) is 10.6 Å². The highest BCUT2D eigenvalue weighted by Gasteiger charge is 2.03. The standard InChI is InChI=1S/C12H22N2S/c1-9(6-13-4)7-14-8-12-5-10(2)11(3)15-12/h5,9,13-14H,6-8H2,1-4H3. The lowest BCUT2D eigenvalue weighted by Crippen LogP contribution is -2.27. The lowest BCUT2D eigenvalue weighted by Gasteiger charge is -2.10. The van der Waals surface area contributed by atoms with Crippen LogP contribution in [0, 0.1) is 19.8 Å². The van der Waals surface area contributed by atoms with E-state index in [1.807, 2.05) is 18.4 Å². The molecule has 1 unspecified atom stereocenters. The number of thiophene rings is 1. The van der Waals surface area contributed by atoms with Gasteiger partial charge in [-0.2, -0.15) is 0 Å². The molecule has 1 atom stereocenters. The van der Waals surface area contributed by atoms with E-state index in [9.17, 15) is 0 Å². The first-order chi connectivity index (χ1) is 7.13. The molecule has 86 valence electrons. The largest absolute Gasteiger partial charge is 0.319 e. The van der Waals surface area contributed by atoms with Gasteiger partial charge in [0.15, 0.2) is 0 Å². The van der Waals surface area contributed by atoms with Gasteiger partial charge in [0, 0.05) is 16.3 Å². The molecule has 1 aromatic rings. The number of aryl methyl sites for hydroxylation is 2. The first-order valence-electron chi connectivity index (χ1n) is 5.54. The van der Waals surface area contributed by atoms with Crippen molar-refractivity contribution in [3.8, 4) is 0 Å². The third kappa shape index (κ3) is 4.33. The Morgan fingerprint density at radius 1 is 1.33 bits per heavy atom. The minimum atomic E-state index is 0.692. The van der Waals surface area contributed by atoms with Gasteiger partial charge in [-0.15, -0.1) is 11.3 Å². The minimum absolute atomic E-state index is 0.692. The molecule has 0 aliphatic rings. The van der Waals surface area contributed by atoms with Crippen LogP contribution < -0.4 is 10.6 Å². The predicted octanol–water partition coefficient (Wildman–Crippen LogP) is 2.31. The summed E-state index contributed by atoms with van der Waals surface area (Å²) in [6, 6.07) is 2.29. The van der Waals surface area contributed by atoms with Crippen LogP contribution in [-0.2, 0) is 6.54 Å². The molecule has 0 spiro atoms. The van der Waals surface area contributed by atoms with Crippen molar-refractivity contribution in [1.29, 1.82) is 0 Å². The van der Waals surface area contributed by atoms with Crippen molar-refractivity contribution >= 4 is 11.3 Å². The second kappa shape index (κ2) is 6.26. The van der Waals surface area contributed by atoms with Gasteiger partial charge in [0.1, 0.15) is 0 Å². The molecule has 0 aromatic carbocycles. The van der Waals surface area contributed by atoms with Crippen LogP contribution in [0.1, 0.15) is 22.2 Å². The lowest BCUT2D eigenvalue weighted by atomic mass is 10.2. The van der Waals surface area contributed by atoms with E-state index in [0.29, 0.717) is 5.92 Å². The highest BCUT2D eigenvalue weighted by molar-refractivity contribution is 7.12. The summed E-state index contributed by atoms with van der Waals surface area (Å²) in [5.74, 6) is 0.692. The molecule has 3 heteroatoms. The Morgan fingerprint density at radius 3 is 2.60 bits per heavy atom. The Hall–Kier alpha value is -0.380. The number of nitrogens with one attached hydrogen (secondary N) is 2. The molecule has 0 aliphatic heterocycles. The number of hydrogen-bond acceptors (Lipinski definition) is 3. The van der Waals surface area contributed by atoms with Crippen LogP contribution in [0.2, 0.25) is 0 Å². The molecular formula is C12H22N2S. The zero-order chi connectivity index (χ0) is 11.3. The molecule has 0 saturated heterocycles. The van der Waals surface area contributed by atoms with Crippen molar-refractivity contribution in [2.75, 3.05) is 20.1 Å². The summed E-state index contributed by atoms with van der Waals surface area (Å²) in [5, 5.41) is 6.69. The highest BCUT2D eigenvalue weighted by Crippen LogP contribution is 2.20. The van der Waals surface area contributed by atoms with Gasteiger partial charge < -0.3 is 10.6 Å². The summed E-state index contributed by atoms with van der Waals surface area (Å²) in [7, 11) is 2.00. The summed E-state index contributed by atoms with van der Waals surface area (Å²) in [6.07, 6.45) is 0. The molecule has 2 nitrogen and oxygen atoms in total. The van der Waals surface area contributed by atoms with E-state index in [4.69, 9.17) is 0 Å². The van der Waals surface area contributed by atoms with Crippen molar-refractivity contribution in [3.63, 3.8) is 0 Å². The van der Waals surface area contributed by atoms with Crippen molar-refractivity contribution in [2.24, 2.45) is 5.92 Å². The van der Waals surface area contributed by atoms with Crippen LogP contribution in [0.3, 0.4) is 0 Å². The van der Waals surface area contributed by atoms with E-state index >= 15 is 0 Å². The molecule has 0 bridgehead atoms. The normalized spacial score (nSPS) is 13.1. The van der Waals surface area contributed by atoms with E-state index in [1.54, 1.807) is 0 Å². The van der Waals surface area contributed by atoms with Crippen LogP contribution in [-0.4, -0.2) is 20.1 Å². The second-order valence-electron chi connectivity index (χ2n) is 4.25. The Morgan fingerprint density at radius 2 is 2.07 bits per heavy atom. The third-order valence-electron chi connectivity index (χ3n) is 2.56. The fourth-order valence-corrected chi connectivity index (χ4v) is 2.62. The first kappa shape index (κ1) is 12.7. The maximum atomic E-state index is 3.50. The van der Waals surface area contributed by atoms with Gasteiger partial charge in [-0.25, -0.2) is 0 Å². The predicted molar refractivity (Wildman–Crippen MR) is 68.6 cm³/mol. The van der Waals surface area contributed by atoms with Gasteiger partial charge in [0.25, 0.3) is 0 Å². The van der Waals surface area contributed by atoms with Crippen LogP contribution in [0.15, 0.2) is 6.07 Å². The fourth-order valence-electron chi connectivity index (χ4n) is 1.60. The van der Waals surface area contributed by atoms with E-state index in [1.165, 1.54) is 15.3 Å². The molecule has 1 rings (SSSR count). The maximum Gasteiger partial charge on any atom is 0.0300 e. The Bertz CT molecular complexity index is 274. The van der Waals surface area contributed by atoms with Gasteiger partial charge in [-0.05, 0) is 51.5 Å². The molecular weight excluding hydrogens is 204 g/mol. The zero-order valence-electron chi connectivity index (χ0n) is 10.2. The molecule has 1 aromatic heterocycles. The Labute approximate surface area is 97.1 Å². The molecule has 0 fully saturated rings. The highest BCUT2D eigenvalue weighted by atomic mass is 32.1. The van der Waals surface area contributed by atoms with Crippen LogP contribution in [0.25, 0.3) is 0 Å². The van der Waals surface area contributed by atoms with E-state index < -0.39 is 0 Å². The van der Waals surface area contributed by atoms with Gasteiger partial charge in [-0.3, -0.25) is 0 Å². The average Bonchev–Trinajstić information content (AvgIpc) is 2.46. The van der Waals surface area contributed by atoms with E-state index in [0.717, 1.165) is 19.6 Å². The first-order valence-corrected chi connectivity index (χ1v) is 6.36. The van der Waals surface area contributed by atoms with Crippen LogP contribution in [0.4, 0.5) is 0 Å². The molecule has 0 aliphatic carbocycles. The molecule has 0 saturated carbocycles. The molecule has 0 radical (unpaired) electrons. The summed E-state index contributed by atoms with van der Waals surface area (Å²) >= 11 is 1.90. The molecule has 0 amide bonds. The van der Waals surface area contributed by atoms with E-state index in [2.05, 4.69) is 37.5 Å². The van der Waals surface area contributed by atoms with Gasteiger partial charge >= 0.3 is 0 Å². The van der Waals surface area contributed by atoms with Gasteiger partial charge in [0.2, 0.25) is 0 Å². The topological polar surface area (TPSA) is 24.1 Å². The quantitative estimate of drug-likeness (QED) is 0.778. The molecule has 1 heterocycles. The summed E-state index contributed by atoms with van der Waals surface area (Å²) in [4.78, 5) is 2.89. The molecule has 2 N–H and O–H groups in total. The van der Waals surface area contributed by atoms with Crippen molar-refractivity contribution in [2.45, 2.75) is 27.3 Å². The summed E-state index contributed by atoms with van der Waals surface area (Å²) in [6.45, 7) is 9.79. The van der Waals surface area contributed by atoms with Crippen molar-refractivity contribution in [3.05, 3.63) is 21.4 Å². The second-order valence-corrected chi connectivity index (χ2v) is 5.59. The van der Waals surface area contributed by atoms with Crippen LogP contribution in [0.5, 0.6) is 0 Å². The summed E-state index contributed by atoms with van der Waals surface area (Å²) < 4.78 is 0. The minimum Gasteiger partial charge on any atom is -0.319 e. The number of rotatable bonds is 6. The lowest BCUT2D eigenvalue weighted by molar-refractivity contribution is 0.493. The Balaban J connectivity index is 2.25. The van der Waals surface area contributed by atoms with E-state index in [-0.39, 0.29) is 0 Å².